The summed E-state index contributed by atoms with van der Waals surface area (Å²) in [6, 6.07) is 22.1. The Bertz CT molecular complexity index is 923. The fourth-order valence-corrected chi connectivity index (χ4v) is 4.32. The highest BCUT2D eigenvalue weighted by Gasteiger charge is 2.21. The van der Waals surface area contributed by atoms with Gasteiger partial charge in [0.2, 0.25) is 0 Å². The van der Waals surface area contributed by atoms with E-state index in [1.54, 1.807) is 0 Å². The first-order valence-electron chi connectivity index (χ1n) is 12.1. The quantitative estimate of drug-likeness (QED) is 0.372. The lowest BCUT2D eigenvalue weighted by Gasteiger charge is -2.25. The van der Waals surface area contributed by atoms with Gasteiger partial charge in [0.05, 0.1) is 0 Å². The normalized spacial score (nSPS) is 12.0. The summed E-state index contributed by atoms with van der Waals surface area (Å²) in [5, 5.41) is 9.95. The van der Waals surface area contributed by atoms with E-state index < -0.39 is 0 Å². The third-order valence-electron chi connectivity index (χ3n) is 6.56. The summed E-state index contributed by atoms with van der Waals surface area (Å²) in [5.41, 5.74) is 9.44. The Kier molecular flexibility index (Phi) is 7.49. The highest BCUT2D eigenvalue weighted by Crippen LogP contribution is 2.38. The van der Waals surface area contributed by atoms with Crippen molar-refractivity contribution >= 4 is 0 Å². The number of hydrogen-bond donors (Lipinski definition) is 1. The summed E-state index contributed by atoms with van der Waals surface area (Å²) in [6.45, 7) is 18.2. The van der Waals surface area contributed by atoms with Gasteiger partial charge >= 0.3 is 0 Å². The van der Waals surface area contributed by atoms with Crippen LogP contribution in [0.3, 0.4) is 0 Å². The van der Waals surface area contributed by atoms with Gasteiger partial charge in [0, 0.05) is 5.92 Å². The van der Waals surface area contributed by atoms with Crippen LogP contribution in [-0.2, 0) is 0 Å². The van der Waals surface area contributed by atoms with Crippen molar-refractivity contribution in [2.24, 2.45) is 0 Å². The van der Waals surface area contributed by atoms with E-state index in [0.29, 0.717) is 29.4 Å². The highest BCUT2D eigenvalue weighted by atomic mass is 16.3. The van der Waals surface area contributed by atoms with Crippen LogP contribution < -0.4 is 0 Å². The largest absolute Gasteiger partial charge is 0.508 e. The van der Waals surface area contributed by atoms with E-state index in [2.05, 4.69) is 104 Å². The molecule has 0 heterocycles. The first kappa shape index (κ1) is 24.1. The number of hydrogen-bond acceptors (Lipinski definition) is 1. The van der Waals surface area contributed by atoms with E-state index in [1.165, 1.54) is 38.9 Å². The lowest BCUT2D eigenvalue weighted by atomic mass is 9.79. The Morgan fingerprint density at radius 1 is 0.406 bits per heavy atom. The highest BCUT2D eigenvalue weighted by molar-refractivity contribution is 5.50. The Labute approximate surface area is 195 Å². The van der Waals surface area contributed by atoms with Crippen molar-refractivity contribution in [1.82, 2.24) is 0 Å². The molecular formula is C31H40O. The van der Waals surface area contributed by atoms with Gasteiger partial charge < -0.3 is 5.11 Å². The van der Waals surface area contributed by atoms with Gasteiger partial charge in [-0.05, 0) is 74.7 Å². The Morgan fingerprint density at radius 3 is 0.969 bits per heavy atom. The SMILES string of the molecule is CC(C)c1cc(C(C)C)cc(C(c2ccc(O)cc2)c2cc(C(C)C)cc(C(C)C)c2)c1. The lowest BCUT2D eigenvalue weighted by molar-refractivity contribution is 0.475. The summed E-state index contributed by atoms with van der Waals surface area (Å²) in [5.74, 6) is 2.33. The zero-order valence-corrected chi connectivity index (χ0v) is 21.1. The van der Waals surface area contributed by atoms with E-state index in [9.17, 15) is 5.11 Å². The molecule has 0 amide bonds. The minimum atomic E-state index is 0.128. The maximum Gasteiger partial charge on any atom is 0.115 e. The van der Waals surface area contributed by atoms with E-state index in [1.807, 2.05) is 12.1 Å². The molecule has 0 saturated carbocycles. The number of rotatable bonds is 7. The molecule has 0 fully saturated rings. The molecule has 0 aliphatic heterocycles. The topological polar surface area (TPSA) is 20.2 Å². The Morgan fingerprint density at radius 2 is 0.688 bits per heavy atom. The maximum absolute atomic E-state index is 9.95. The van der Waals surface area contributed by atoms with Crippen LogP contribution >= 0.6 is 0 Å². The summed E-state index contributed by atoms with van der Waals surface area (Å²) < 4.78 is 0. The number of benzene rings is 3. The molecule has 0 aliphatic rings. The van der Waals surface area contributed by atoms with Crippen LogP contribution in [0.2, 0.25) is 0 Å². The molecule has 32 heavy (non-hydrogen) atoms. The molecule has 0 radical (unpaired) electrons. The van der Waals surface area contributed by atoms with Crippen molar-refractivity contribution in [2.75, 3.05) is 0 Å². The van der Waals surface area contributed by atoms with Gasteiger partial charge in [0.25, 0.3) is 0 Å². The Hall–Kier alpha value is -2.54. The van der Waals surface area contributed by atoms with Crippen molar-refractivity contribution < 1.29 is 5.11 Å². The van der Waals surface area contributed by atoms with Crippen LogP contribution in [0.25, 0.3) is 0 Å². The molecule has 1 nitrogen and oxygen atoms in total. The van der Waals surface area contributed by atoms with Gasteiger partial charge in [0.1, 0.15) is 5.75 Å². The van der Waals surface area contributed by atoms with Crippen LogP contribution in [0.15, 0.2) is 60.7 Å². The molecule has 0 saturated heterocycles. The molecule has 0 bridgehead atoms. The molecule has 170 valence electrons. The average molecular weight is 429 g/mol. The summed E-state index contributed by atoms with van der Waals surface area (Å²) in [4.78, 5) is 0. The van der Waals surface area contributed by atoms with Crippen molar-refractivity contribution in [3.8, 4) is 5.75 Å². The van der Waals surface area contributed by atoms with Crippen LogP contribution in [0, 0.1) is 0 Å². The Balaban J connectivity index is 2.31. The van der Waals surface area contributed by atoms with Crippen molar-refractivity contribution in [3.05, 3.63) is 99.6 Å². The molecular weight excluding hydrogens is 388 g/mol. The van der Waals surface area contributed by atoms with Crippen LogP contribution in [-0.4, -0.2) is 5.11 Å². The lowest BCUT2D eigenvalue weighted by Crippen LogP contribution is -2.08. The second-order valence-electron chi connectivity index (χ2n) is 10.5. The van der Waals surface area contributed by atoms with E-state index in [0.717, 1.165) is 0 Å². The minimum absolute atomic E-state index is 0.128. The monoisotopic (exact) mass is 428 g/mol. The molecule has 0 unspecified atom stereocenters. The average Bonchev–Trinajstić information content (AvgIpc) is 2.74. The molecule has 1 N–H and O–H groups in total. The third kappa shape index (κ3) is 5.44. The second kappa shape index (κ2) is 9.94. The molecule has 0 aromatic heterocycles. The summed E-state index contributed by atoms with van der Waals surface area (Å²) >= 11 is 0. The fraction of sp³-hybridized carbons (Fsp3) is 0.419. The standard InChI is InChI=1S/C31H40O/c1-19(2)24-13-25(20(3)4)16-28(15-24)31(23-9-11-30(32)12-10-23)29-17-26(21(5)6)14-27(18-29)22(7)8/h9-22,31-32H,1-8H3. The molecule has 1 heteroatoms. The maximum atomic E-state index is 9.95. The van der Waals surface area contributed by atoms with E-state index >= 15 is 0 Å². The minimum Gasteiger partial charge on any atom is -0.508 e. The van der Waals surface area contributed by atoms with Crippen LogP contribution in [0.1, 0.15) is 124 Å². The van der Waals surface area contributed by atoms with Gasteiger partial charge in [-0.25, -0.2) is 0 Å². The second-order valence-corrected chi connectivity index (χ2v) is 10.5. The van der Waals surface area contributed by atoms with Gasteiger partial charge in [-0.2, -0.15) is 0 Å². The predicted octanol–water partition coefficient (Wildman–Crippen LogP) is 9.07. The van der Waals surface area contributed by atoms with Crippen LogP contribution in [0.4, 0.5) is 0 Å². The summed E-state index contributed by atoms with van der Waals surface area (Å²) in [6.07, 6.45) is 0. The van der Waals surface area contributed by atoms with Crippen LogP contribution in [0.5, 0.6) is 5.75 Å². The zero-order valence-electron chi connectivity index (χ0n) is 21.1. The third-order valence-corrected chi connectivity index (χ3v) is 6.56. The fourth-order valence-electron chi connectivity index (χ4n) is 4.32. The molecule has 3 aromatic carbocycles. The van der Waals surface area contributed by atoms with E-state index in [-0.39, 0.29) is 5.92 Å². The van der Waals surface area contributed by atoms with Gasteiger partial charge in [-0.3, -0.25) is 0 Å². The first-order chi connectivity index (χ1) is 15.1. The van der Waals surface area contributed by atoms with Crippen molar-refractivity contribution in [3.63, 3.8) is 0 Å². The predicted molar refractivity (Wildman–Crippen MR) is 138 cm³/mol. The zero-order chi connectivity index (χ0) is 23.6. The summed E-state index contributed by atoms with van der Waals surface area (Å²) in [7, 11) is 0. The van der Waals surface area contributed by atoms with Crippen molar-refractivity contribution in [2.45, 2.75) is 85.0 Å². The molecule has 3 rings (SSSR count). The van der Waals surface area contributed by atoms with Gasteiger partial charge in [-0.15, -0.1) is 0 Å². The smallest absolute Gasteiger partial charge is 0.115 e. The molecule has 3 aromatic rings. The number of phenolic OH excluding ortho intramolecular Hbond substituents is 1. The molecule has 0 spiro atoms. The van der Waals surface area contributed by atoms with Gasteiger partial charge in [0.15, 0.2) is 0 Å². The van der Waals surface area contributed by atoms with Gasteiger partial charge in [-0.1, -0.05) is 104 Å². The number of aromatic hydroxyl groups is 1. The first-order valence-corrected chi connectivity index (χ1v) is 12.1. The molecule has 0 aliphatic carbocycles. The van der Waals surface area contributed by atoms with Crippen molar-refractivity contribution in [1.29, 1.82) is 0 Å². The van der Waals surface area contributed by atoms with E-state index in [4.69, 9.17) is 0 Å². The number of phenols is 1. The molecule has 0 atom stereocenters.